The summed E-state index contributed by atoms with van der Waals surface area (Å²) in [6.45, 7) is 1.99. The van der Waals surface area contributed by atoms with Crippen molar-refractivity contribution < 1.29 is 14.3 Å². The molecule has 0 aliphatic rings. The average molecular weight is 338 g/mol. The lowest BCUT2D eigenvalue weighted by Crippen LogP contribution is -1.98. The summed E-state index contributed by atoms with van der Waals surface area (Å²) >= 11 is 3.24. The van der Waals surface area contributed by atoms with Crippen molar-refractivity contribution in [3.63, 3.8) is 0 Å². The van der Waals surface area contributed by atoms with Crippen molar-refractivity contribution in [2.75, 3.05) is 0 Å². The van der Waals surface area contributed by atoms with Crippen LogP contribution < -0.4 is 4.74 Å². The topological polar surface area (TPSA) is 41.8 Å². The molecule has 104 valence electrons. The van der Waals surface area contributed by atoms with Gasteiger partial charge < -0.3 is 9.94 Å². The summed E-state index contributed by atoms with van der Waals surface area (Å²) in [6.07, 6.45) is 0. The first-order chi connectivity index (χ1) is 9.58. The Morgan fingerprint density at radius 2 is 1.95 bits per heavy atom. The summed E-state index contributed by atoms with van der Waals surface area (Å²) < 4.78 is 19.5. The Morgan fingerprint density at radius 1 is 1.25 bits per heavy atom. The first-order valence-corrected chi connectivity index (χ1v) is 6.74. The molecule has 0 fully saturated rings. The van der Waals surface area contributed by atoms with Gasteiger partial charge >= 0.3 is 0 Å². The second-order valence-corrected chi connectivity index (χ2v) is 5.19. The first-order valence-electron chi connectivity index (χ1n) is 5.95. The first kappa shape index (κ1) is 14.5. The van der Waals surface area contributed by atoms with E-state index in [-0.39, 0.29) is 12.4 Å². The van der Waals surface area contributed by atoms with Gasteiger partial charge in [-0.25, -0.2) is 4.39 Å². The van der Waals surface area contributed by atoms with E-state index in [1.54, 1.807) is 37.3 Å². The lowest BCUT2D eigenvalue weighted by atomic mass is 10.1. The minimum absolute atomic E-state index is 0.281. The lowest BCUT2D eigenvalue weighted by Gasteiger charge is -2.08. The van der Waals surface area contributed by atoms with Gasteiger partial charge in [0.1, 0.15) is 18.2 Å². The molecule has 2 aromatic carbocycles. The molecule has 5 heteroatoms. The molecule has 0 aliphatic carbocycles. The predicted octanol–water partition coefficient (Wildman–Crippen LogP) is 4.37. The van der Waals surface area contributed by atoms with Crippen LogP contribution in [0.25, 0.3) is 0 Å². The maximum Gasteiger partial charge on any atom is 0.124 e. The molecular formula is C15H13BrFNO2. The summed E-state index contributed by atoms with van der Waals surface area (Å²) in [5.74, 6) is 0.364. The molecule has 1 N–H and O–H groups in total. The zero-order valence-corrected chi connectivity index (χ0v) is 12.4. The fourth-order valence-corrected chi connectivity index (χ4v) is 2.22. The Labute approximate surface area is 124 Å². The molecule has 0 saturated carbocycles. The van der Waals surface area contributed by atoms with Gasteiger partial charge in [0.25, 0.3) is 0 Å². The average Bonchev–Trinajstić information content (AvgIpc) is 2.44. The predicted molar refractivity (Wildman–Crippen MR) is 78.9 cm³/mol. The molecular weight excluding hydrogens is 325 g/mol. The van der Waals surface area contributed by atoms with E-state index in [0.29, 0.717) is 15.9 Å². The van der Waals surface area contributed by atoms with E-state index >= 15 is 0 Å². The van der Waals surface area contributed by atoms with Crippen molar-refractivity contribution in [1.82, 2.24) is 0 Å². The Morgan fingerprint density at radius 3 is 2.55 bits per heavy atom. The van der Waals surface area contributed by atoms with Gasteiger partial charge in [0.2, 0.25) is 0 Å². The van der Waals surface area contributed by atoms with E-state index in [1.165, 1.54) is 12.1 Å². The van der Waals surface area contributed by atoms with Crippen molar-refractivity contribution in [2.45, 2.75) is 13.5 Å². The van der Waals surface area contributed by atoms with Crippen LogP contribution in [0.1, 0.15) is 18.1 Å². The van der Waals surface area contributed by atoms with Crippen LogP contribution in [0, 0.1) is 5.82 Å². The summed E-state index contributed by atoms with van der Waals surface area (Å²) in [6, 6.07) is 11.8. The van der Waals surface area contributed by atoms with Gasteiger partial charge in [-0.2, -0.15) is 0 Å². The quantitative estimate of drug-likeness (QED) is 0.511. The maximum atomic E-state index is 13.2. The molecule has 0 aliphatic heterocycles. The van der Waals surface area contributed by atoms with Gasteiger partial charge in [0.05, 0.1) is 5.71 Å². The smallest absolute Gasteiger partial charge is 0.124 e. The highest BCUT2D eigenvalue weighted by molar-refractivity contribution is 9.10. The summed E-state index contributed by atoms with van der Waals surface area (Å²) in [5, 5.41) is 11.8. The molecule has 0 bridgehead atoms. The maximum absolute atomic E-state index is 13.2. The number of nitrogens with zero attached hydrogens (tertiary/aromatic N) is 1. The van der Waals surface area contributed by atoms with E-state index in [2.05, 4.69) is 21.1 Å². The highest BCUT2D eigenvalue weighted by Crippen LogP contribution is 2.18. The molecule has 0 saturated heterocycles. The fraction of sp³-hybridized carbons (Fsp3) is 0.133. The highest BCUT2D eigenvalue weighted by Gasteiger charge is 2.02. The number of oxime groups is 1. The molecule has 0 radical (unpaired) electrons. The zero-order valence-electron chi connectivity index (χ0n) is 10.8. The molecule has 0 unspecified atom stereocenters. The fourth-order valence-electron chi connectivity index (χ4n) is 1.71. The van der Waals surface area contributed by atoms with Gasteiger partial charge in [-0.15, -0.1) is 0 Å². The minimum atomic E-state index is -0.303. The number of benzene rings is 2. The molecule has 0 heterocycles. The molecule has 0 spiro atoms. The van der Waals surface area contributed by atoms with Crippen molar-refractivity contribution in [1.29, 1.82) is 0 Å². The van der Waals surface area contributed by atoms with Crippen LogP contribution >= 0.6 is 15.9 Å². The normalized spacial score (nSPS) is 11.4. The molecule has 20 heavy (non-hydrogen) atoms. The van der Waals surface area contributed by atoms with E-state index < -0.39 is 0 Å². The number of rotatable bonds is 4. The van der Waals surface area contributed by atoms with Crippen molar-refractivity contribution in [2.24, 2.45) is 5.16 Å². The molecule has 0 atom stereocenters. The third kappa shape index (κ3) is 3.81. The van der Waals surface area contributed by atoms with Crippen LogP contribution in [0.5, 0.6) is 5.75 Å². The zero-order chi connectivity index (χ0) is 14.5. The molecule has 2 aromatic rings. The van der Waals surface area contributed by atoms with Gasteiger partial charge in [-0.3, -0.25) is 0 Å². The van der Waals surface area contributed by atoms with Gasteiger partial charge in [-0.05, 0) is 60.5 Å². The van der Waals surface area contributed by atoms with E-state index in [0.717, 1.165) is 11.1 Å². The standard InChI is InChI=1S/C15H13BrFNO2/c1-10(18-19)12-2-4-15(5-3-12)20-9-11-6-13(16)8-14(17)7-11/h2-8,19H,9H2,1H3. The molecule has 3 nitrogen and oxygen atoms in total. The Kier molecular flexibility index (Phi) is 4.74. The Hall–Kier alpha value is -1.88. The molecule has 0 aromatic heterocycles. The van der Waals surface area contributed by atoms with Gasteiger partial charge in [0, 0.05) is 4.47 Å². The van der Waals surface area contributed by atoms with E-state index in [1.807, 2.05) is 0 Å². The van der Waals surface area contributed by atoms with Crippen LogP contribution in [0.15, 0.2) is 52.1 Å². The van der Waals surface area contributed by atoms with Crippen LogP contribution in [0.4, 0.5) is 4.39 Å². The third-order valence-electron chi connectivity index (χ3n) is 2.75. The largest absolute Gasteiger partial charge is 0.489 e. The molecule has 2 rings (SSSR count). The Bertz CT molecular complexity index is 606. The second kappa shape index (κ2) is 6.52. The van der Waals surface area contributed by atoms with Crippen LogP contribution in [0.2, 0.25) is 0 Å². The van der Waals surface area contributed by atoms with Crippen molar-refractivity contribution >= 4 is 21.6 Å². The van der Waals surface area contributed by atoms with E-state index in [9.17, 15) is 4.39 Å². The summed E-state index contributed by atoms with van der Waals surface area (Å²) in [7, 11) is 0. The molecule has 0 amide bonds. The van der Waals surface area contributed by atoms with Crippen LogP contribution in [0.3, 0.4) is 0 Å². The van der Waals surface area contributed by atoms with Gasteiger partial charge in [-0.1, -0.05) is 21.1 Å². The summed E-state index contributed by atoms with van der Waals surface area (Å²) in [4.78, 5) is 0. The van der Waals surface area contributed by atoms with E-state index in [4.69, 9.17) is 9.94 Å². The SMILES string of the molecule is CC(=NO)c1ccc(OCc2cc(F)cc(Br)c2)cc1. The summed E-state index contributed by atoms with van der Waals surface area (Å²) in [5.41, 5.74) is 2.09. The van der Waals surface area contributed by atoms with Gasteiger partial charge in [0.15, 0.2) is 0 Å². The number of hydrogen-bond donors (Lipinski definition) is 1. The van der Waals surface area contributed by atoms with Crippen molar-refractivity contribution in [3.05, 3.63) is 63.9 Å². The number of hydrogen-bond acceptors (Lipinski definition) is 3. The Balaban J connectivity index is 2.04. The lowest BCUT2D eigenvalue weighted by molar-refractivity contribution is 0.305. The third-order valence-corrected chi connectivity index (χ3v) is 3.21. The number of halogens is 2. The van der Waals surface area contributed by atoms with Crippen molar-refractivity contribution in [3.8, 4) is 5.75 Å². The second-order valence-electron chi connectivity index (χ2n) is 4.28. The van der Waals surface area contributed by atoms with Crippen LogP contribution in [-0.2, 0) is 6.61 Å². The highest BCUT2D eigenvalue weighted by atomic mass is 79.9. The monoisotopic (exact) mass is 337 g/mol. The minimum Gasteiger partial charge on any atom is -0.489 e. The van der Waals surface area contributed by atoms with Crippen LogP contribution in [-0.4, -0.2) is 10.9 Å². The number of ether oxygens (including phenoxy) is 1.